The van der Waals surface area contributed by atoms with Gasteiger partial charge in [-0.15, -0.1) is 0 Å². The highest BCUT2D eigenvalue weighted by Gasteiger charge is 2.38. The third kappa shape index (κ3) is 3.16. The summed E-state index contributed by atoms with van der Waals surface area (Å²) < 4.78 is 5.29. The molecule has 2 heterocycles. The number of aliphatic imine (C=N–C) groups is 1. The van der Waals surface area contributed by atoms with Gasteiger partial charge in [0.2, 0.25) is 0 Å². The summed E-state index contributed by atoms with van der Waals surface area (Å²) >= 11 is 5.95. The van der Waals surface area contributed by atoms with E-state index < -0.39 is 23.8 Å². The fourth-order valence-corrected chi connectivity index (χ4v) is 2.12. The number of hydrogen-bond acceptors (Lipinski definition) is 6. The number of halogens is 1. The molecule has 2 aliphatic heterocycles. The minimum absolute atomic E-state index is 0.0290. The third-order valence-corrected chi connectivity index (χ3v) is 3.09. The SMILES string of the molecule is CN(C(=O)OC(C)(C)C)C1=CC(Cl)=NC2C(C(=O)O)=CNN12. The Balaban J connectivity index is 2.24. The highest BCUT2D eigenvalue weighted by molar-refractivity contribution is 6.68. The van der Waals surface area contributed by atoms with E-state index in [0.29, 0.717) is 5.82 Å². The molecular formula is C13H17ClN4O4. The molecule has 0 fully saturated rings. The van der Waals surface area contributed by atoms with Gasteiger partial charge in [0.25, 0.3) is 0 Å². The summed E-state index contributed by atoms with van der Waals surface area (Å²) in [6.45, 7) is 5.26. The lowest BCUT2D eigenvalue weighted by Crippen LogP contribution is -2.47. The summed E-state index contributed by atoms with van der Waals surface area (Å²) in [4.78, 5) is 28.6. The van der Waals surface area contributed by atoms with Gasteiger partial charge in [0.05, 0.1) is 0 Å². The maximum absolute atomic E-state index is 12.2. The Kier molecular flexibility index (Phi) is 4.06. The van der Waals surface area contributed by atoms with E-state index in [1.165, 1.54) is 29.2 Å². The van der Waals surface area contributed by atoms with Crippen LogP contribution in [0.4, 0.5) is 4.79 Å². The van der Waals surface area contributed by atoms with E-state index >= 15 is 0 Å². The van der Waals surface area contributed by atoms with Crippen LogP contribution in [0.2, 0.25) is 0 Å². The second-order valence-corrected chi connectivity index (χ2v) is 6.16. The second kappa shape index (κ2) is 5.53. The van der Waals surface area contributed by atoms with Crippen molar-refractivity contribution < 1.29 is 19.4 Å². The summed E-state index contributed by atoms with van der Waals surface area (Å²) in [5.41, 5.74) is 2.14. The predicted molar refractivity (Wildman–Crippen MR) is 79.8 cm³/mol. The second-order valence-electron chi connectivity index (χ2n) is 5.77. The summed E-state index contributed by atoms with van der Waals surface area (Å²) in [6, 6.07) is 0. The van der Waals surface area contributed by atoms with Crippen LogP contribution in [0.1, 0.15) is 20.8 Å². The first-order chi connectivity index (χ1) is 10.1. The maximum atomic E-state index is 12.2. The summed E-state index contributed by atoms with van der Waals surface area (Å²) in [5.74, 6) is -0.777. The minimum Gasteiger partial charge on any atom is -0.478 e. The van der Waals surface area contributed by atoms with Gasteiger partial charge >= 0.3 is 12.1 Å². The number of hydrogen-bond donors (Lipinski definition) is 2. The quantitative estimate of drug-likeness (QED) is 0.797. The molecule has 9 heteroatoms. The molecule has 0 spiro atoms. The summed E-state index contributed by atoms with van der Waals surface area (Å²) in [6.07, 6.45) is 1.33. The highest BCUT2D eigenvalue weighted by Crippen LogP contribution is 2.27. The number of fused-ring (bicyclic) bond motifs is 1. The monoisotopic (exact) mass is 328 g/mol. The number of carbonyl (C=O) groups excluding carboxylic acids is 1. The standard InChI is InChI=1S/C13H17ClN4O4/c1-13(2,3)22-12(21)17(4)9-5-8(14)16-10-7(11(19)20)6-15-18(9)10/h5-6,10,15H,1-4H3,(H,19,20). The number of nitrogens with one attached hydrogen (secondary N) is 1. The van der Waals surface area contributed by atoms with Gasteiger partial charge in [-0.25, -0.2) is 19.6 Å². The van der Waals surface area contributed by atoms with Crippen LogP contribution in [0.15, 0.2) is 28.7 Å². The first-order valence-corrected chi connectivity index (χ1v) is 6.88. The van der Waals surface area contributed by atoms with Gasteiger partial charge in [-0.2, -0.15) is 0 Å². The molecule has 8 nitrogen and oxygen atoms in total. The van der Waals surface area contributed by atoms with Gasteiger partial charge in [0.15, 0.2) is 6.17 Å². The number of aliphatic carboxylic acids is 1. The van der Waals surface area contributed by atoms with Gasteiger partial charge in [-0.1, -0.05) is 11.6 Å². The van der Waals surface area contributed by atoms with E-state index in [4.69, 9.17) is 21.4 Å². The minimum atomic E-state index is -1.12. The molecule has 0 aromatic carbocycles. The Hall–Kier alpha value is -2.22. The number of rotatable bonds is 2. The molecule has 2 N–H and O–H groups in total. The summed E-state index contributed by atoms with van der Waals surface area (Å²) in [5, 5.41) is 10.7. The molecule has 0 aliphatic carbocycles. The Morgan fingerprint density at radius 3 is 2.68 bits per heavy atom. The fraction of sp³-hybridized carbons (Fsp3) is 0.462. The van der Waals surface area contributed by atoms with Crippen molar-refractivity contribution in [3.63, 3.8) is 0 Å². The van der Waals surface area contributed by atoms with Crippen molar-refractivity contribution in [2.24, 2.45) is 4.99 Å². The largest absolute Gasteiger partial charge is 0.478 e. The van der Waals surface area contributed by atoms with Gasteiger partial charge < -0.3 is 15.3 Å². The molecule has 0 aromatic heterocycles. The Morgan fingerprint density at radius 1 is 1.50 bits per heavy atom. The van der Waals surface area contributed by atoms with Crippen molar-refractivity contribution in [1.29, 1.82) is 0 Å². The van der Waals surface area contributed by atoms with E-state index in [1.54, 1.807) is 20.8 Å². The number of nitrogens with zero attached hydrogens (tertiary/aromatic N) is 3. The third-order valence-electron chi connectivity index (χ3n) is 2.88. The van der Waals surface area contributed by atoms with Crippen LogP contribution in [-0.4, -0.2) is 51.1 Å². The zero-order valence-corrected chi connectivity index (χ0v) is 13.4. The molecule has 1 atom stereocenters. The van der Waals surface area contributed by atoms with Crippen molar-refractivity contribution >= 4 is 28.8 Å². The highest BCUT2D eigenvalue weighted by atomic mass is 35.5. The van der Waals surface area contributed by atoms with Crippen molar-refractivity contribution in [1.82, 2.24) is 15.3 Å². The van der Waals surface area contributed by atoms with Crippen LogP contribution in [0.5, 0.6) is 0 Å². The number of carbonyl (C=O) groups is 2. The van der Waals surface area contributed by atoms with Crippen LogP contribution in [0.3, 0.4) is 0 Å². The molecule has 0 saturated carbocycles. The lowest BCUT2D eigenvalue weighted by atomic mass is 10.2. The van der Waals surface area contributed by atoms with Crippen LogP contribution in [0.25, 0.3) is 0 Å². The van der Waals surface area contributed by atoms with Crippen LogP contribution in [0, 0.1) is 0 Å². The number of amides is 1. The van der Waals surface area contributed by atoms with Crippen molar-refractivity contribution in [3.8, 4) is 0 Å². The van der Waals surface area contributed by atoms with E-state index in [-0.39, 0.29) is 10.7 Å². The van der Waals surface area contributed by atoms with E-state index in [1.807, 2.05) is 0 Å². The molecule has 0 radical (unpaired) electrons. The van der Waals surface area contributed by atoms with Gasteiger partial charge in [0, 0.05) is 19.3 Å². The molecule has 0 saturated heterocycles. The number of hydrazine groups is 1. The number of ether oxygens (including phenoxy) is 1. The maximum Gasteiger partial charge on any atom is 0.415 e. The molecule has 2 rings (SSSR count). The molecule has 22 heavy (non-hydrogen) atoms. The lowest BCUT2D eigenvalue weighted by molar-refractivity contribution is -0.133. The molecule has 1 unspecified atom stereocenters. The number of carboxylic acids is 1. The first-order valence-electron chi connectivity index (χ1n) is 6.50. The van der Waals surface area contributed by atoms with E-state index in [2.05, 4.69) is 10.4 Å². The zero-order chi connectivity index (χ0) is 16.7. The van der Waals surface area contributed by atoms with Crippen LogP contribution < -0.4 is 5.43 Å². The summed E-state index contributed by atoms with van der Waals surface area (Å²) in [7, 11) is 1.51. The molecule has 1 amide bonds. The van der Waals surface area contributed by atoms with E-state index in [9.17, 15) is 9.59 Å². The number of allylic oxidation sites excluding steroid dienone is 1. The molecular weight excluding hydrogens is 312 g/mol. The molecule has 2 aliphatic rings. The Morgan fingerprint density at radius 2 is 2.14 bits per heavy atom. The van der Waals surface area contributed by atoms with Gasteiger partial charge in [-0.05, 0) is 20.8 Å². The average molecular weight is 329 g/mol. The molecule has 120 valence electrons. The van der Waals surface area contributed by atoms with Crippen molar-refractivity contribution in [2.75, 3.05) is 7.05 Å². The van der Waals surface area contributed by atoms with Gasteiger partial charge in [0.1, 0.15) is 22.2 Å². The van der Waals surface area contributed by atoms with Crippen molar-refractivity contribution in [3.05, 3.63) is 23.7 Å². The van der Waals surface area contributed by atoms with Crippen molar-refractivity contribution in [2.45, 2.75) is 32.5 Å². The zero-order valence-electron chi connectivity index (χ0n) is 12.6. The fourth-order valence-electron chi connectivity index (χ4n) is 1.93. The predicted octanol–water partition coefficient (Wildman–Crippen LogP) is 1.46. The van der Waals surface area contributed by atoms with Gasteiger partial charge in [-0.3, -0.25) is 4.90 Å². The van der Waals surface area contributed by atoms with Crippen LogP contribution in [-0.2, 0) is 9.53 Å². The normalized spacial score (nSPS) is 20.3. The van der Waals surface area contributed by atoms with E-state index in [0.717, 1.165) is 0 Å². The molecule has 0 aromatic rings. The molecule has 0 bridgehead atoms. The van der Waals surface area contributed by atoms with Crippen LogP contribution >= 0.6 is 11.6 Å². The first kappa shape index (κ1) is 16.2. The Bertz CT molecular complexity index is 606. The average Bonchev–Trinajstić information content (AvgIpc) is 2.78. The number of carboxylic acid groups (broad SMARTS) is 1. The smallest absolute Gasteiger partial charge is 0.415 e. The lowest BCUT2D eigenvalue weighted by Gasteiger charge is -2.35. The Labute approximate surface area is 132 Å². The topological polar surface area (TPSA) is 94.5 Å².